The topological polar surface area (TPSA) is 90.7 Å². The summed E-state index contributed by atoms with van der Waals surface area (Å²) in [6.45, 7) is 2.03. The number of rotatable bonds is 3. The molecule has 3 aromatic rings. The summed E-state index contributed by atoms with van der Waals surface area (Å²) in [6.07, 6.45) is 4.41. The van der Waals surface area contributed by atoms with Crippen molar-refractivity contribution in [1.82, 2.24) is 15.0 Å². The van der Waals surface area contributed by atoms with E-state index >= 15 is 0 Å². The Morgan fingerprint density at radius 1 is 1.22 bits per heavy atom. The van der Waals surface area contributed by atoms with E-state index in [1.807, 2.05) is 25.3 Å². The number of thioether (sulfide) groups is 1. The molecule has 0 radical (unpaired) electrons. The number of aromatic nitrogens is 3. The van der Waals surface area contributed by atoms with Gasteiger partial charge in [-0.25, -0.2) is 15.0 Å². The van der Waals surface area contributed by atoms with E-state index in [1.165, 1.54) is 11.8 Å². The van der Waals surface area contributed by atoms with Crippen LogP contribution in [0.15, 0.2) is 29.6 Å². The first-order valence-corrected chi connectivity index (χ1v) is 8.70. The number of fused-ring (bicyclic) bond motifs is 1. The quantitative estimate of drug-likeness (QED) is 0.426. The van der Waals surface area contributed by atoms with Gasteiger partial charge >= 0.3 is 0 Å². The van der Waals surface area contributed by atoms with Gasteiger partial charge in [0.15, 0.2) is 10.8 Å². The minimum absolute atomic E-state index is 0.380. The summed E-state index contributed by atoms with van der Waals surface area (Å²) in [7, 11) is 0. The molecule has 0 aliphatic carbocycles. The van der Waals surface area contributed by atoms with Gasteiger partial charge in [-0.1, -0.05) is 30.3 Å². The van der Waals surface area contributed by atoms with E-state index in [2.05, 4.69) is 15.0 Å². The van der Waals surface area contributed by atoms with Crippen LogP contribution in [-0.2, 0) is 6.42 Å². The highest BCUT2D eigenvalue weighted by atomic mass is 35.5. The third-order valence-electron chi connectivity index (χ3n) is 3.68. The summed E-state index contributed by atoms with van der Waals surface area (Å²) in [5.41, 5.74) is 16.1. The fraction of sp³-hybridized carbons (Fsp3) is 0.188. The molecule has 0 amide bonds. The Labute approximate surface area is 143 Å². The summed E-state index contributed by atoms with van der Waals surface area (Å²) in [5.74, 6) is 0.380. The summed E-state index contributed by atoms with van der Waals surface area (Å²) in [5, 5.41) is 2.08. The molecule has 0 spiro atoms. The average Bonchev–Trinajstić information content (AvgIpc) is 2.55. The molecule has 5 nitrogen and oxygen atoms in total. The molecular weight excluding hydrogens is 330 g/mol. The van der Waals surface area contributed by atoms with Crippen LogP contribution in [0.25, 0.3) is 22.2 Å². The third-order valence-corrected chi connectivity index (χ3v) is 4.56. The van der Waals surface area contributed by atoms with Gasteiger partial charge in [-0.2, -0.15) is 0 Å². The Kier molecular flexibility index (Phi) is 4.28. The molecule has 118 valence electrons. The Hall–Kier alpha value is -2.05. The molecular formula is C16H16ClN5S. The monoisotopic (exact) mass is 345 g/mol. The largest absolute Gasteiger partial charge is 0.398 e. The Morgan fingerprint density at radius 3 is 2.70 bits per heavy atom. The van der Waals surface area contributed by atoms with E-state index in [4.69, 9.17) is 23.1 Å². The van der Waals surface area contributed by atoms with Crippen LogP contribution in [0.4, 0.5) is 11.5 Å². The predicted molar refractivity (Wildman–Crippen MR) is 97.8 cm³/mol. The second kappa shape index (κ2) is 6.22. The van der Waals surface area contributed by atoms with Gasteiger partial charge in [0.2, 0.25) is 0 Å². The number of nitrogen functional groups attached to an aromatic ring is 2. The smallest absolute Gasteiger partial charge is 0.189 e. The molecule has 4 N–H and O–H groups in total. The molecule has 3 rings (SSSR count). The first-order valence-electron chi connectivity index (χ1n) is 7.09. The molecule has 23 heavy (non-hydrogen) atoms. The van der Waals surface area contributed by atoms with Crippen LogP contribution < -0.4 is 11.5 Å². The number of anilines is 2. The lowest BCUT2D eigenvalue weighted by molar-refractivity contribution is 0.993. The second-order valence-electron chi connectivity index (χ2n) is 5.03. The van der Waals surface area contributed by atoms with Gasteiger partial charge in [-0.05, 0) is 36.4 Å². The normalized spacial score (nSPS) is 11.1. The van der Waals surface area contributed by atoms with Gasteiger partial charge in [0, 0.05) is 33.4 Å². The van der Waals surface area contributed by atoms with E-state index in [-0.39, 0.29) is 0 Å². The zero-order valence-corrected chi connectivity index (χ0v) is 14.4. The lowest BCUT2D eigenvalue weighted by Crippen LogP contribution is -2.02. The zero-order valence-electron chi connectivity index (χ0n) is 12.8. The maximum Gasteiger partial charge on any atom is 0.189 e. The molecule has 2 heterocycles. The maximum absolute atomic E-state index is 6.41. The van der Waals surface area contributed by atoms with Crippen LogP contribution in [0.5, 0.6) is 0 Å². The van der Waals surface area contributed by atoms with E-state index in [0.717, 1.165) is 28.5 Å². The second-order valence-corrected chi connectivity index (χ2v) is 6.22. The van der Waals surface area contributed by atoms with Gasteiger partial charge in [0.05, 0.1) is 0 Å². The zero-order chi connectivity index (χ0) is 16.6. The molecule has 0 aliphatic rings. The first kappa shape index (κ1) is 15.8. The molecule has 1 aromatic carbocycles. The first-order chi connectivity index (χ1) is 11.0. The van der Waals surface area contributed by atoms with Crippen LogP contribution in [-0.4, -0.2) is 21.2 Å². The van der Waals surface area contributed by atoms with Crippen molar-refractivity contribution in [2.45, 2.75) is 18.5 Å². The average molecular weight is 346 g/mol. The fourth-order valence-corrected chi connectivity index (χ4v) is 3.18. The van der Waals surface area contributed by atoms with Crippen molar-refractivity contribution in [2.75, 3.05) is 17.7 Å². The minimum atomic E-state index is 0.380. The highest BCUT2D eigenvalue weighted by Crippen LogP contribution is 2.38. The van der Waals surface area contributed by atoms with E-state index in [0.29, 0.717) is 27.3 Å². The molecule has 0 saturated heterocycles. The van der Waals surface area contributed by atoms with Crippen molar-refractivity contribution in [3.63, 3.8) is 0 Å². The molecule has 0 atom stereocenters. The molecule has 0 fully saturated rings. The number of nitrogens with two attached hydrogens (primary N) is 2. The summed E-state index contributed by atoms with van der Waals surface area (Å²) < 4.78 is 0. The van der Waals surface area contributed by atoms with Crippen molar-refractivity contribution in [2.24, 2.45) is 0 Å². The fourth-order valence-electron chi connectivity index (χ4n) is 2.57. The molecule has 0 saturated carbocycles. The number of halogens is 1. The van der Waals surface area contributed by atoms with Crippen molar-refractivity contribution < 1.29 is 0 Å². The summed E-state index contributed by atoms with van der Waals surface area (Å²) in [6, 6.07) is 5.51. The Balaban J connectivity index is 2.29. The predicted octanol–water partition coefficient (Wildman–Crippen LogP) is 3.79. The number of pyridine rings is 1. The summed E-state index contributed by atoms with van der Waals surface area (Å²) in [4.78, 5) is 13.1. The highest BCUT2D eigenvalue weighted by Gasteiger charge is 2.16. The van der Waals surface area contributed by atoms with Crippen LogP contribution in [0.2, 0.25) is 5.02 Å². The number of hydrogen-bond acceptors (Lipinski definition) is 6. The molecule has 2 aromatic heterocycles. The van der Waals surface area contributed by atoms with Gasteiger partial charge in [0.1, 0.15) is 5.82 Å². The highest BCUT2D eigenvalue weighted by molar-refractivity contribution is 7.98. The van der Waals surface area contributed by atoms with Crippen LogP contribution in [0.1, 0.15) is 12.5 Å². The number of benzene rings is 1. The van der Waals surface area contributed by atoms with E-state index in [1.54, 1.807) is 12.3 Å². The van der Waals surface area contributed by atoms with Gasteiger partial charge < -0.3 is 11.5 Å². The Morgan fingerprint density at radius 2 is 2.00 bits per heavy atom. The summed E-state index contributed by atoms with van der Waals surface area (Å²) >= 11 is 7.87. The third kappa shape index (κ3) is 2.80. The molecule has 0 bridgehead atoms. The van der Waals surface area contributed by atoms with Crippen molar-refractivity contribution >= 4 is 45.9 Å². The van der Waals surface area contributed by atoms with Crippen LogP contribution >= 0.6 is 23.4 Å². The van der Waals surface area contributed by atoms with E-state index < -0.39 is 0 Å². The lowest BCUT2D eigenvalue weighted by atomic mass is 9.96. The molecule has 0 unspecified atom stereocenters. The van der Waals surface area contributed by atoms with Crippen LogP contribution in [0.3, 0.4) is 0 Å². The SMILES string of the molecule is CCc1c(N)ccc(Cl)c1-c1cc2cnc(SC)nc2nc1N. The molecule has 0 aliphatic heterocycles. The van der Waals surface area contributed by atoms with Gasteiger partial charge in [-0.15, -0.1) is 0 Å². The van der Waals surface area contributed by atoms with Gasteiger partial charge in [0.25, 0.3) is 0 Å². The van der Waals surface area contributed by atoms with E-state index in [9.17, 15) is 0 Å². The maximum atomic E-state index is 6.41. The van der Waals surface area contributed by atoms with Gasteiger partial charge in [-0.3, -0.25) is 0 Å². The standard InChI is InChI=1S/C16H16ClN5S/c1-3-9-12(18)5-4-11(17)13(9)10-6-8-7-20-16(23-2)22-15(8)21-14(10)19/h4-7H,3,18H2,1-2H3,(H2,19,20,21,22). The van der Waals surface area contributed by atoms with Crippen LogP contribution in [0, 0.1) is 0 Å². The molecule has 7 heteroatoms. The number of hydrogen-bond donors (Lipinski definition) is 2. The minimum Gasteiger partial charge on any atom is -0.398 e. The Bertz CT molecular complexity index is 897. The van der Waals surface area contributed by atoms with Crippen molar-refractivity contribution in [3.8, 4) is 11.1 Å². The van der Waals surface area contributed by atoms with Crippen molar-refractivity contribution in [3.05, 3.63) is 35.0 Å². The number of nitrogens with zero attached hydrogens (tertiary/aromatic N) is 3. The van der Waals surface area contributed by atoms with Crippen molar-refractivity contribution in [1.29, 1.82) is 0 Å². The lowest BCUT2D eigenvalue weighted by Gasteiger charge is -2.15.